The van der Waals surface area contributed by atoms with Gasteiger partial charge in [-0.2, -0.15) is 0 Å². The summed E-state index contributed by atoms with van der Waals surface area (Å²) < 4.78 is 0. The summed E-state index contributed by atoms with van der Waals surface area (Å²) >= 11 is 6.06. The molecule has 4 nitrogen and oxygen atoms in total. The lowest BCUT2D eigenvalue weighted by Gasteiger charge is -2.37. The third-order valence-corrected chi connectivity index (χ3v) is 4.67. The predicted octanol–water partition coefficient (Wildman–Crippen LogP) is 2.45. The van der Waals surface area contributed by atoms with Gasteiger partial charge in [-0.15, -0.1) is 0 Å². The maximum Gasteiger partial charge on any atom is 0.100 e. The van der Waals surface area contributed by atoms with Gasteiger partial charge in [-0.05, 0) is 50.1 Å². The first kappa shape index (κ1) is 14.9. The number of hydrogen-bond acceptors (Lipinski definition) is 3. The molecule has 1 unspecified atom stereocenters. The van der Waals surface area contributed by atoms with Crippen molar-refractivity contribution in [1.29, 1.82) is 0 Å². The van der Waals surface area contributed by atoms with Crippen LogP contribution in [0.5, 0.6) is 0 Å². The highest BCUT2D eigenvalue weighted by Crippen LogP contribution is 2.27. The second kappa shape index (κ2) is 5.61. The highest BCUT2D eigenvalue weighted by atomic mass is 35.5. The number of halogens is 1. The topological polar surface area (TPSA) is 59.5 Å². The highest BCUT2D eigenvalue weighted by Gasteiger charge is 2.32. The quantitative estimate of drug-likeness (QED) is 0.816. The standard InChI is InChI=1S/C16H21ClN2O2/c1-11-13-7-12(17)3-4-14(13)18-15(11)8-19-6-2-5-16(21,9-19)10-20/h3-4,7,18,20-21H,2,5-6,8-10H2,1H3. The van der Waals surface area contributed by atoms with E-state index in [0.29, 0.717) is 13.0 Å². The first-order valence-corrected chi connectivity index (χ1v) is 7.71. The molecule has 0 bridgehead atoms. The summed E-state index contributed by atoms with van der Waals surface area (Å²) in [7, 11) is 0. The van der Waals surface area contributed by atoms with Crippen LogP contribution in [-0.4, -0.2) is 45.4 Å². The van der Waals surface area contributed by atoms with E-state index in [4.69, 9.17) is 11.6 Å². The van der Waals surface area contributed by atoms with Gasteiger partial charge in [0.15, 0.2) is 0 Å². The SMILES string of the molecule is Cc1c(CN2CCCC(O)(CO)C2)[nH]c2ccc(Cl)cc12. The number of hydrogen-bond donors (Lipinski definition) is 3. The third-order valence-electron chi connectivity index (χ3n) is 4.43. The zero-order valence-corrected chi connectivity index (χ0v) is 13.0. The molecule has 2 aromatic rings. The number of benzene rings is 1. The Bertz CT molecular complexity index is 655. The number of aromatic amines is 1. The van der Waals surface area contributed by atoms with Gasteiger partial charge in [-0.3, -0.25) is 4.90 Å². The number of H-pyrrole nitrogens is 1. The molecule has 5 heteroatoms. The first-order chi connectivity index (χ1) is 10.0. The Balaban J connectivity index is 1.83. The summed E-state index contributed by atoms with van der Waals surface area (Å²) in [6.07, 6.45) is 1.57. The van der Waals surface area contributed by atoms with Crippen LogP contribution in [0.25, 0.3) is 10.9 Å². The van der Waals surface area contributed by atoms with Crippen molar-refractivity contribution < 1.29 is 10.2 Å². The number of nitrogens with one attached hydrogen (secondary N) is 1. The van der Waals surface area contributed by atoms with Gasteiger partial charge in [0.2, 0.25) is 0 Å². The van der Waals surface area contributed by atoms with Gasteiger partial charge in [0, 0.05) is 34.7 Å². The fraction of sp³-hybridized carbons (Fsp3) is 0.500. The molecule has 0 amide bonds. The first-order valence-electron chi connectivity index (χ1n) is 7.33. The summed E-state index contributed by atoms with van der Waals surface area (Å²) in [5.41, 5.74) is 2.47. The number of fused-ring (bicyclic) bond motifs is 1. The molecule has 21 heavy (non-hydrogen) atoms. The lowest BCUT2D eigenvalue weighted by molar-refractivity contribution is -0.0689. The Morgan fingerprint density at radius 1 is 1.43 bits per heavy atom. The van der Waals surface area contributed by atoms with Gasteiger partial charge in [0.25, 0.3) is 0 Å². The van der Waals surface area contributed by atoms with E-state index in [0.717, 1.165) is 41.1 Å². The molecule has 1 aliphatic heterocycles. The van der Waals surface area contributed by atoms with Crippen LogP contribution < -0.4 is 0 Å². The van der Waals surface area contributed by atoms with Gasteiger partial charge in [0.1, 0.15) is 5.60 Å². The van der Waals surface area contributed by atoms with Crippen molar-refractivity contribution in [2.24, 2.45) is 0 Å². The molecule has 1 aromatic heterocycles. The number of likely N-dealkylation sites (tertiary alicyclic amines) is 1. The van der Waals surface area contributed by atoms with Crippen molar-refractivity contribution in [1.82, 2.24) is 9.88 Å². The molecule has 0 saturated carbocycles. The van der Waals surface area contributed by atoms with Crippen LogP contribution >= 0.6 is 11.6 Å². The van der Waals surface area contributed by atoms with E-state index in [1.54, 1.807) is 0 Å². The zero-order chi connectivity index (χ0) is 15.0. The van der Waals surface area contributed by atoms with E-state index in [2.05, 4.69) is 16.8 Å². The van der Waals surface area contributed by atoms with Crippen LogP contribution in [0.15, 0.2) is 18.2 Å². The predicted molar refractivity (Wildman–Crippen MR) is 84.6 cm³/mol. The molecule has 0 spiro atoms. The maximum absolute atomic E-state index is 10.3. The van der Waals surface area contributed by atoms with E-state index < -0.39 is 5.60 Å². The number of aliphatic hydroxyl groups is 2. The van der Waals surface area contributed by atoms with Gasteiger partial charge in [0.05, 0.1) is 6.61 Å². The van der Waals surface area contributed by atoms with Gasteiger partial charge in [-0.25, -0.2) is 0 Å². The molecular weight excluding hydrogens is 288 g/mol. The normalized spacial score (nSPS) is 23.8. The fourth-order valence-electron chi connectivity index (χ4n) is 3.21. The van der Waals surface area contributed by atoms with Crippen LogP contribution in [0, 0.1) is 6.92 Å². The molecule has 1 aromatic carbocycles. The Hall–Kier alpha value is -1.07. The summed E-state index contributed by atoms with van der Waals surface area (Å²) in [6.45, 7) is 4.12. The van der Waals surface area contributed by atoms with Crippen LogP contribution in [0.1, 0.15) is 24.1 Å². The lowest BCUT2D eigenvalue weighted by Crippen LogP contribution is -2.50. The number of rotatable bonds is 3. The summed E-state index contributed by atoms with van der Waals surface area (Å²) in [5, 5.41) is 21.5. The second-order valence-corrected chi connectivity index (χ2v) is 6.55. The van der Waals surface area contributed by atoms with E-state index in [1.807, 2.05) is 18.2 Å². The second-order valence-electron chi connectivity index (χ2n) is 6.12. The van der Waals surface area contributed by atoms with Crippen LogP contribution in [0.2, 0.25) is 5.02 Å². The molecule has 2 heterocycles. The minimum atomic E-state index is -0.957. The summed E-state index contributed by atoms with van der Waals surface area (Å²) in [6, 6.07) is 5.86. The molecule has 3 rings (SSSR count). The average Bonchev–Trinajstić information content (AvgIpc) is 2.76. The van der Waals surface area contributed by atoms with Crippen molar-refractivity contribution in [3.63, 3.8) is 0 Å². The Morgan fingerprint density at radius 2 is 2.24 bits per heavy atom. The third kappa shape index (κ3) is 2.94. The van der Waals surface area contributed by atoms with E-state index in [1.165, 1.54) is 5.56 Å². The Kier molecular flexibility index (Phi) is 3.97. The largest absolute Gasteiger partial charge is 0.393 e. The van der Waals surface area contributed by atoms with Crippen LogP contribution in [0.3, 0.4) is 0 Å². The van der Waals surface area contributed by atoms with Gasteiger partial charge >= 0.3 is 0 Å². The van der Waals surface area contributed by atoms with Crippen LogP contribution in [-0.2, 0) is 6.54 Å². The van der Waals surface area contributed by atoms with E-state index >= 15 is 0 Å². The molecule has 0 radical (unpaired) electrons. The van der Waals surface area contributed by atoms with Gasteiger partial charge in [-0.1, -0.05) is 11.6 Å². The van der Waals surface area contributed by atoms with Crippen molar-refractivity contribution in [2.45, 2.75) is 31.9 Å². The number of nitrogens with zero attached hydrogens (tertiary/aromatic N) is 1. The van der Waals surface area contributed by atoms with Crippen molar-refractivity contribution >= 4 is 22.5 Å². The number of aryl methyl sites for hydroxylation is 1. The highest BCUT2D eigenvalue weighted by molar-refractivity contribution is 6.31. The zero-order valence-electron chi connectivity index (χ0n) is 12.2. The molecule has 3 N–H and O–H groups in total. The van der Waals surface area contributed by atoms with E-state index in [-0.39, 0.29) is 6.61 Å². The number of aromatic nitrogens is 1. The van der Waals surface area contributed by atoms with Gasteiger partial charge < -0.3 is 15.2 Å². The molecule has 1 saturated heterocycles. The average molecular weight is 309 g/mol. The smallest absolute Gasteiger partial charge is 0.100 e. The molecule has 0 aliphatic carbocycles. The summed E-state index contributed by atoms with van der Waals surface area (Å²) in [5.74, 6) is 0. The fourth-order valence-corrected chi connectivity index (χ4v) is 3.38. The van der Waals surface area contributed by atoms with Crippen molar-refractivity contribution in [3.8, 4) is 0 Å². The lowest BCUT2D eigenvalue weighted by atomic mass is 9.93. The van der Waals surface area contributed by atoms with Crippen LogP contribution in [0.4, 0.5) is 0 Å². The molecular formula is C16H21ClN2O2. The molecule has 114 valence electrons. The van der Waals surface area contributed by atoms with E-state index in [9.17, 15) is 10.2 Å². The number of piperidine rings is 1. The molecule has 1 aliphatic rings. The minimum Gasteiger partial charge on any atom is -0.393 e. The maximum atomic E-state index is 10.3. The summed E-state index contributed by atoms with van der Waals surface area (Å²) in [4.78, 5) is 5.63. The minimum absolute atomic E-state index is 0.176. The molecule has 1 atom stereocenters. The monoisotopic (exact) mass is 308 g/mol. The van der Waals surface area contributed by atoms with Crippen molar-refractivity contribution in [3.05, 3.63) is 34.5 Å². The molecule has 1 fully saturated rings. The van der Waals surface area contributed by atoms with Crippen molar-refractivity contribution in [2.75, 3.05) is 19.7 Å². The Labute approximate surface area is 129 Å². The number of aliphatic hydroxyl groups excluding tert-OH is 1. The Morgan fingerprint density at radius 3 is 3.00 bits per heavy atom. The number of β-amino-alcohol motifs (C(OH)–C–C–N with tert-alkyl or cyclic N) is 1.